The third kappa shape index (κ3) is 5.23. The molecule has 0 aliphatic heterocycles. The third-order valence-electron chi connectivity index (χ3n) is 5.31. The van der Waals surface area contributed by atoms with E-state index in [0.29, 0.717) is 6.42 Å². The minimum absolute atomic E-state index is 0.00254. The van der Waals surface area contributed by atoms with Gasteiger partial charge in [0.15, 0.2) is 0 Å². The van der Waals surface area contributed by atoms with Crippen LogP contribution in [0, 0.1) is 25.7 Å². The highest BCUT2D eigenvalue weighted by molar-refractivity contribution is 9.10. The van der Waals surface area contributed by atoms with Crippen LogP contribution in [0.5, 0.6) is 0 Å². The minimum atomic E-state index is -0.140. The maximum atomic E-state index is 12.8. The molecule has 0 unspecified atom stereocenters. The van der Waals surface area contributed by atoms with E-state index < -0.39 is 0 Å². The number of benzene rings is 2. The standard InChI is InChI=1S/C22H24Br2N2O2/c1-13-10-17(23)6-8-19(13)25-21(27)15-4-3-5-16(12-15)22(28)26-20-9-7-18(24)11-14(20)2/h6-11,15-16H,3-5,12H2,1-2H3,(H,25,27)(H,26,28)/t15-,16-/m0/s1. The highest BCUT2D eigenvalue weighted by atomic mass is 79.9. The topological polar surface area (TPSA) is 58.2 Å². The number of halogens is 2. The normalized spacial score (nSPS) is 19.1. The summed E-state index contributed by atoms with van der Waals surface area (Å²) >= 11 is 6.88. The molecule has 0 heterocycles. The van der Waals surface area contributed by atoms with Crippen LogP contribution in [0.3, 0.4) is 0 Å². The lowest BCUT2D eigenvalue weighted by atomic mass is 9.80. The van der Waals surface area contributed by atoms with Crippen LogP contribution >= 0.6 is 31.9 Å². The summed E-state index contributed by atoms with van der Waals surface area (Å²) in [6.45, 7) is 3.94. The Balaban J connectivity index is 1.62. The van der Waals surface area contributed by atoms with Gasteiger partial charge in [0.2, 0.25) is 11.8 Å². The zero-order valence-corrected chi connectivity index (χ0v) is 19.2. The van der Waals surface area contributed by atoms with Crippen molar-refractivity contribution in [2.45, 2.75) is 39.5 Å². The van der Waals surface area contributed by atoms with Crippen LogP contribution in [-0.4, -0.2) is 11.8 Å². The smallest absolute Gasteiger partial charge is 0.227 e. The fourth-order valence-electron chi connectivity index (χ4n) is 3.67. The highest BCUT2D eigenvalue weighted by Crippen LogP contribution is 2.32. The van der Waals surface area contributed by atoms with Gasteiger partial charge < -0.3 is 10.6 Å². The highest BCUT2D eigenvalue weighted by Gasteiger charge is 2.31. The Bertz CT molecular complexity index is 827. The van der Waals surface area contributed by atoms with Crippen LogP contribution in [0.25, 0.3) is 0 Å². The van der Waals surface area contributed by atoms with Gasteiger partial charge in [-0.2, -0.15) is 0 Å². The molecule has 3 rings (SSSR count). The summed E-state index contributed by atoms with van der Waals surface area (Å²) in [5, 5.41) is 6.07. The molecule has 2 atom stereocenters. The summed E-state index contributed by atoms with van der Waals surface area (Å²) in [4.78, 5) is 25.5. The van der Waals surface area contributed by atoms with Crippen LogP contribution in [-0.2, 0) is 9.59 Å². The molecular weight excluding hydrogens is 484 g/mol. The van der Waals surface area contributed by atoms with E-state index in [9.17, 15) is 9.59 Å². The van der Waals surface area contributed by atoms with Crippen molar-refractivity contribution in [2.24, 2.45) is 11.8 Å². The van der Waals surface area contributed by atoms with E-state index in [-0.39, 0.29) is 23.7 Å². The fraction of sp³-hybridized carbons (Fsp3) is 0.364. The predicted octanol–water partition coefficient (Wildman–Crippen LogP) is 6.21. The molecule has 1 aliphatic rings. The maximum Gasteiger partial charge on any atom is 0.227 e. The zero-order valence-electron chi connectivity index (χ0n) is 16.0. The van der Waals surface area contributed by atoms with Gasteiger partial charge in [-0.1, -0.05) is 38.3 Å². The lowest BCUT2D eigenvalue weighted by molar-refractivity contribution is -0.124. The Morgan fingerprint density at radius 2 is 1.25 bits per heavy atom. The van der Waals surface area contributed by atoms with Gasteiger partial charge in [0.25, 0.3) is 0 Å². The molecule has 0 saturated heterocycles. The number of anilines is 2. The number of hydrogen-bond acceptors (Lipinski definition) is 2. The molecule has 1 saturated carbocycles. The summed E-state index contributed by atoms with van der Waals surface area (Å²) in [5.74, 6) is -0.275. The molecule has 1 fully saturated rings. The van der Waals surface area contributed by atoms with E-state index in [0.717, 1.165) is 50.7 Å². The van der Waals surface area contributed by atoms with Gasteiger partial charge in [-0.25, -0.2) is 0 Å². The van der Waals surface area contributed by atoms with Crippen LogP contribution in [0.4, 0.5) is 11.4 Å². The van der Waals surface area contributed by atoms with Crippen molar-refractivity contribution in [2.75, 3.05) is 10.6 Å². The van der Waals surface area contributed by atoms with E-state index in [1.54, 1.807) is 0 Å². The van der Waals surface area contributed by atoms with Gasteiger partial charge in [-0.05, 0) is 80.6 Å². The Morgan fingerprint density at radius 3 is 1.64 bits per heavy atom. The summed E-state index contributed by atoms with van der Waals surface area (Å²) < 4.78 is 1.97. The van der Waals surface area contributed by atoms with E-state index in [4.69, 9.17) is 0 Å². The first-order valence-electron chi connectivity index (χ1n) is 9.47. The second kappa shape index (κ2) is 9.23. The molecule has 6 heteroatoms. The molecule has 28 heavy (non-hydrogen) atoms. The number of carbonyl (C=O) groups excluding carboxylic acids is 2. The van der Waals surface area contributed by atoms with Gasteiger partial charge in [0.1, 0.15) is 0 Å². The molecular formula is C22H24Br2N2O2. The van der Waals surface area contributed by atoms with Gasteiger partial charge in [-0.15, -0.1) is 0 Å². The van der Waals surface area contributed by atoms with E-state index in [1.807, 2.05) is 50.2 Å². The van der Waals surface area contributed by atoms with Crippen molar-refractivity contribution in [3.63, 3.8) is 0 Å². The first-order valence-corrected chi connectivity index (χ1v) is 11.1. The van der Waals surface area contributed by atoms with Gasteiger partial charge >= 0.3 is 0 Å². The van der Waals surface area contributed by atoms with Crippen molar-refractivity contribution in [3.8, 4) is 0 Å². The first-order chi connectivity index (χ1) is 13.3. The maximum absolute atomic E-state index is 12.8. The van der Waals surface area contributed by atoms with Crippen molar-refractivity contribution >= 4 is 55.0 Å². The average Bonchev–Trinajstić information content (AvgIpc) is 2.66. The largest absolute Gasteiger partial charge is 0.326 e. The molecule has 2 aromatic rings. The Labute approximate surface area is 182 Å². The van der Waals surface area contributed by atoms with Gasteiger partial charge in [0.05, 0.1) is 0 Å². The Morgan fingerprint density at radius 1 is 0.821 bits per heavy atom. The quantitative estimate of drug-likeness (QED) is 0.516. The van der Waals surface area contributed by atoms with Gasteiger partial charge in [-0.3, -0.25) is 9.59 Å². The number of hydrogen-bond donors (Lipinski definition) is 2. The van der Waals surface area contributed by atoms with Crippen molar-refractivity contribution in [3.05, 3.63) is 56.5 Å². The number of carbonyl (C=O) groups is 2. The summed E-state index contributed by atoms with van der Waals surface area (Å²) in [7, 11) is 0. The van der Waals surface area contributed by atoms with Gasteiger partial charge in [0, 0.05) is 32.2 Å². The monoisotopic (exact) mass is 506 g/mol. The lowest BCUT2D eigenvalue weighted by Gasteiger charge is -2.28. The summed E-state index contributed by atoms with van der Waals surface area (Å²) in [5.41, 5.74) is 3.67. The van der Waals surface area contributed by atoms with E-state index in [1.165, 1.54) is 0 Å². The molecule has 1 aliphatic carbocycles. The summed E-state index contributed by atoms with van der Waals surface area (Å²) in [6, 6.07) is 11.6. The predicted molar refractivity (Wildman–Crippen MR) is 120 cm³/mol. The Hall–Kier alpha value is -1.66. The second-order valence-corrected chi connectivity index (χ2v) is 9.29. The summed E-state index contributed by atoms with van der Waals surface area (Å²) in [6.07, 6.45) is 3.11. The Kier molecular flexibility index (Phi) is 6.94. The second-order valence-electron chi connectivity index (χ2n) is 7.46. The van der Waals surface area contributed by atoms with E-state index >= 15 is 0 Å². The lowest BCUT2D eigenvalue weighted by Crippen LogP contribution is -2.33. The number of amides is 2. The minimum Gasteiger partial charge on any atom is -0.326 e. The molecule has 0 bridgehead atoms. The molecule has 0 radical (unpaired) electrons. The molecule has 0 spiro atoms. The zero-order chi connectivity index (χ0) is 20.3. The van der Waals surface area contributed by atoms with Crippen molar-refractivity contribution in [1.29, 1.82) is 0 Å². The van der Waals surface area contributed by atoms with Crippen molar-refractivity contribution in [1.82, 2.24) is 0 Å². The number of aryl methyl sites for hydroxylation is 2. The molecule has 2 amide bonds. The number of rotatable bonds is 4. The molecule has 2 N–H and O–H groups in total. The first kappa shape index (κ1) is 21.1. The van der Waals surface area contributed by atoms with E-state index in [2.05, 4.69) is 42.5 Å². The fourth-order valence-corrected chi connectivity index (χ4v) is 4.62. The third-order valence-corrected chi connectivity index (χ3v) is 6.29. The molecule has 0 aromatic heterocycles. The van der Waals surface area contributed by atoms with Crippen molar-refractivity contribution < 1.29 is 9.59 Å². The van der Waals surface area contributed by atoms with Crippen LogP contribution in [0.1, 0.15) is 36.8 Å². The van der Waals surface area contributed by atoms with Crippen LogP contribution in [0.15, 0.2) is 45.3 Å². The SMILES string of the molecule is Cc1cc(Br)ccc1NC(=O)[C@H]1CCC[C@H](C(=O)Nc2ccc(Br)cc2C)C1. The molecule has 4 nitrogen and oxygen atoms in total. The van der Waals surface area contributed by atoms with Crippen LogP contribution in [0.2, 0.25) is 0 Å². The molecule has 2 aromatic carbocycles. The average molecular weight is 508 g/mol. The number of nitrogens with one attached hydrogen (secondary N) is 2. The molecule has 148 valence electrons. The van der Waals surface area contributed by atoms with Crippen LogP contribution < -0.4 is 10.6 Å².